The first-order chi connectivity index (χ1) is 9.66. The Morgan fingerprint density at radius 3 is 2.71 bits per heavy atom. The molecule has 1 heterocycles. The van der Waals surface area contributed by atoms with Gasteiger partial charge in [0.05, 0.1) is 24.1 Å². The first-order valence-electron chi connectivity index (χ1n) is 6.80. The molecule has 1 unspecified atom stereocenters. The monoisotopic (exact) mass is 346 g/mol. The van der Waals surface area contributed by atoms with Gasteiger partial charge in [-0.15, -0.1) is 0 Å². The normalized spacial score (nSPS) is 22.5. The number of hydrogen-bond acceptors (Lipinski definition) is 3. The Kier molecular flexibility index (Phi) is 4.69. The van der Waals surface area contributed by atoms with Gasteiger partial charge in [0.2, 0.25) is 0 Å². The smallest absolute Gasteiger partial charge is 0.256 e. The minimum Gasteiger partial charge on any atom is -0.335 e. The molecule has 1 atom stereocenters. The van der Waals surface area contributed by atoms with Crippen molar-refractivity contribution in [3.63, 3.8) is 0 Å². The molecule has 1 amide bonds. The number of nitrogens with one attached hydrogen (secondary N) is 1. The summed E-state index contributed by atoms with van der Waals surface area (Å²) in [5, 5.41) is 3.81. The molecule has 1 aliphatic heterocycles. The summed E-state index contributed by atoms with van der Waals surface area (Å²) >= 11 is 11.7. The summed E-state index contributed by atoms with van der Waals surface area (Å²) in [6.07, 6.45) is -1.96. The molecule has 0 spiro atoms. The highest BCUT2D eigenvalue weighted by Crippen LogP contribution is 2.51. The molecular weight excluding hydrogens is 327 g/mol. The molecule has 2 rings (SSSR count). The van der Waals surface area contributed by atoms with Crippen LogP contribution in [0.1, 0.15) is 38.1 Å². The van der Waals surface area contributed by atoms with Crippen molar-refractivity contribution in [2.45, 2.75) is 33.2 Å². The lowest BCUT2D eigenvalue weighted by Gasteiger charge is -2.37. The number of fused-ring (bicyclic) bond motifs is 1. The van der Waals surface area contributed by atoms with Crippen LogP contribution in [0.2, 0.25) is 5.02 Å². The number of carbonyl (C=O) groups is 1. The summed E-state index contributed by atoms with van der Waals surface area (Å²) in [6.45, 7) is 8.40. The minimum atomic E-state index is -2.35. The van der Waals surface area contributed by atoms with Gasteiger partial charge in [-0.2, -0.15) is 0 Å². The van der Waals surface area contributed by atoms with E-state index < -0.39 is 6.42 Å². The summed E-state index contributed by atoms with van der Waals surface area (Å²) in [5.74, 6) is -0.0704. The van der Waals surface area contributed by atoms with E-state index in [2.05, 4.69) is 5.09 Å². The highest BCUT2D eigenvalue weighted by molar-refractivity contribution is 8.12. The Hall–Kier alpha value is -0.610. The van der Waals surface area contributed by atoms with Gasteiger partial charge in [-0.1, -0.05) is 11.6 Å². The molecule has 4 nitrogen and oxygen atoms in total. The second-order valence-electron chi connectivity index (χ2n) is 5.94. The minimum absolute atomic E-state index is 0.0704. The van der Waals surface area contributed by atoms with Crippen LogP contribution < -0.4 is 5.09 Å². The Morgan fingerprint density at radius 2 is 2.14 bits per heavy atom. The summed E-state index contributed by atoms with van der Waals surface area (Å²) < 4.78 is 5.80. The molecule has 1 aromatic carbocycles. The topological polar surface area (TPSA) is 41.6 Å². The summed E-state index contributed by atoms with van der Waals surface area (Å²) in [7, 11) is 0. The van der Waals surface area contributed by atoms with Gasteiger partial charge in [-0.3, -0.25) is 4.79 Å². The lowest BCUT2D eigenvalue weighted by Crippen LogP contribution is -2.45. The number of nitrogens with zero attached hydrogens (tertiary/aromatic N) is 1. The molecule has 0 radical (unpaired) electrons. The molecule has 0 aliphatic carbocycles. The van der Waals surface area contributed by atoms with Gasteiger partial charge in [0, 0.05) is 10.6 Å². The number of halogens is 1. The van der Waals surface area contributed by atoms with Gasteiger partial charge in [-0.25, -0.2) is 0 Å². The van der Waals surface area contributed by atoms with E-state index >= 15 is 0 Å². The van der Waals surface area contributed by atoms with E-state index in [1.165, 1.54) is 0 Å². The Labute approximate surface area is 135 Å². The lowest BCUT2D eigenvalue weighted by atomic mass is 10.0. The third-order valence-electron chi connectivity index (χ3n) is 3.22. The second kappa shape index (κ2) is 5.88. The maximum absolute atomic E-state index is 12.9. The van der Waals surface area contributed by atoms with Crippen LogP contribution in [0.4, 0.5) is 5.69 Å². The van der Waals surface area contributed by atoms with Gasteiger partial charge < -0.3 is 14.5 Å². The van der Waals surface area contributed by atoms with E-state index in [9.17, 15) is 4.79 Å². The SMILES string of the molecule is CCOP1(=S)CN(C(C)(C)C)C(=O)c2cc(Cl)ccc2N1. The first kappa shape index (κ1) is 16.8. The van der Waals surface area contributed by atoms with E-state index in [1.807, 2.05) is 27.7 Å². The van der Waals surface area contributed by atoms with Gasteiger partial charge in [0.25, 0.3) is 5.91 Å². The van der Waals surface area contributed by atoms with Gasteiger partial charge in [0.15, 0.2) is 6.42 Å². The molecule has 1 aromatic rings. The second-order valence-corrected chi connectivity index (χ2v) is 10.3. The van der Waals surface area contributed by atoms with E-state index in [4.69, 9.17) is 27.9 Å². The highest BCUT2D eigenvalue weighted by atomic mass is 35.5. The number of hydrogen-bond donors (Lipinski definition) is 1. The summed E-state index contributed by atoms with van der Waals surface area (Å²) in [5.41, 5.74) is 0.904. The Balaban J connectivity index is 2.58. The molecule has 0 saturated carbocycles. The molecule has 0 saturated heterocycles. The van der Waals surface area contributed by atoms with Crippen LogP contribution in [0.5, 0.6) is 0 Å². The van der Waals surface area contributed by atoms with Crippen molar-refractivity contribution in [1.29, 1.82) is 0 Å². The quantitative estimate of drug-likeness (QED) is 0.810. The van der Waals surface area contributed by atoms with Crippen molar-refractivity contribution in [3.8, 4) is 0 Å². The van der Waals surface area contributed by atoms with E-state index in [1.54, 1.807) is 23.1 Å². The molecule has 0 aromatic heterocycles. The lowest BCUT2D eigenvalue weighted by molar-refractivity contribution is 0.0633. The summed E-state index contributed by atoms with van der Waals surface area (Å²) in [6, 6.07) is 5.22. The van der Waals surface area contributed by atoms with Crippen molar-refractivity contribution in [1.82, 2.24) is 4.90 Å². The molecule has 1 aliphatic rings. The number of anilines is 1. The first-order valence-corrected chi connectivity index (χ1v) is 10.1. The van der Waals surface area contributed by atoms with Crippen LogP contribution in [-0.4, -0.2) is 29.2 Å². The zero-order valence-corrected chi connectivity index (χ0v) is 15.1. The zero-order chi connectivity index (χ0) is 15.8. The molecule has 0 bridgehead atoms. The molecule has 7 heteroatoms. The fraction of sp³-hybridized carbons (Fsp3) is 0.500. The van der Waals surface area contributed by atoms with E-state index in [0.29, 0.717) is 29.2 Å². The molecule has 21 heavy (non-hydrogen) atoms. The largest absolute Gasteiger partial charge is 0.335 e. The van der Waals surface area contributed by atoms with Crippen molar-refractivity contribution >= 4 is 41.4 Å². The average molecular weight is 347 g/mol. The fourth-order valence-electron chi connectivity index (χ4n) is 2.20. The highest BCUT2D eigenvalue weighted by Gasteiger charge is 2.37. The Bertz CT molecular complexity index is 615. The van der Waals surface area contributed by atoms with Crippen LogP contribution in [0.3, 0.4) is 0 Å². The van der Waals surface area contributed by atoms with Gasteiger partial charge >= 0.3 is 0 Å². The zero-order valence-electron chi connectivity index (χ0n) is 12.6. The van der Waals surface area contributed by atoms with Crippen LogP contribution in [-0.2, 0) is 16.3 Å². The predicted octanol–water partition coefficient (Wildman–Crippen LogP) is 4.31. The number of amides is 1. The van der Waals surface area contributed by atoms with Crippen LogP contribution in [0.15, 0.2) is 18.2 Å². The number of rotatable bonds is 2. The third kappa shape index (κ3) is 3.59. The third-order valence-corrected chi connectivity index (χ3v) is 6.31. The average Bonchev–Trinajstić information content (AvgIpc) is 2.46. The maximum atomic E-state index is 12.9. The molecule has 116 valence electrons. The van der Waals surface area contributed by atoms with Crippen molar-refractivity contribution < 1.29 is 9.32 Å². The van der Waals surface area contributed by atoms with Crippen molar-refractivity contribution in [2.24, 2.45) is 0 Å². The standard InChI is InChI=1S/C14H20ClN2O2PS/c1-5-19-20(21)9-17(14(2,3)4)13(18)11-8-10(15)6-7-12(11)16-20/h6-8H,5,9H2,1-4H3,(H,16,21). The molecule has 1 N–H and O–H groups in total. The molecule has 0 fully saturated rings. The van der Waals surface area contributed by atoms with E-state index in [0.717, 1.165) is 0 Å². The fourth-order valence-corrected chi connectivity index (χ4v) is 5.45. The number of carbonyl (C=O) groups excluding carboxylic acids is 1. The van der Waals surface area contributed by atoms with Crippen LogP contribution in [0, 0.1) is 0 Å². The van der Waals surface area contributed by atoms with Gasteiger partial charge in [-0.05, 0) is 57.7 Å². The van der Waals surface area contributed by atoms with Crippen molar-refractivity contribution in [2.75, 3.05) is 18.0 Å². The number of benzene rings is 1. The molecular formula is C14H20ClN2O2PS. The van der Waals surface area contributed by atoms with Gasteiger partial charge in [0.1, 0.15) is 0 Å². The van der Waals surface area contributed by atoms with Crippen LogP contribution >= 0.6 is 18.0 Å². The Morgan fingerprint density at radius 1 is 1.48 bits per heavy atom. The maximum Gasteiger partial charge on any atom is 0.256 e. The summed E-state index contributed by atoms with van der Waals surface area (Å²) in [4.78, 5) is 14.6. The van der Waals surface area contributed by atoms with Crippen LogP contribution in [0.25, 0.3) is 0 Å². The van der Waals surface area contributed by atoms with Crippen molar-refractivity contribution in [3.05, 3.63) is 28.8 Å². The van der Waals surface area contributed by atoms with E-state index in [-0.39, 0.29) is 11.4 Å². The predicted molar refractivity (Wildman–Crippen MR) is 91.8 cm³/mol.